The maximum atomic E-state index is 11.8. The minimum atomic E-state index is -2.88. The molecule has 0 aromatic carbocycles. The van der Waals surface area contributed by atoms with Crippen molar-refractivity contribution in [3.63, 3.8) is 0 Å². The predicted molar refractivity (Wildman–Crippen MR) is 61.6 cm³/mol. The van der Waals surface area contributed by atoms with Crippen LogP contribution in [0.2, 0.25) is 0 Å². The predicted octanol–water partition coefficient (Wildman–Crippen LogP) is -1.25. The van der Waals surface area contributed by atoms with Crippen molar-refractivity contribution in [1.82, 2.24) is 0 Å². The maximum absolute atomic E-state index is 11.8. The van der Waals surface area contributed by atoms with Gasteiger partial charge in [-0.2, -0.15) is 0 Å². The van der Waals surface area contributed by atoms with Crippen molar-refractivity contribution in [2.75, 3.05) is 0 Å². The van der Waals surface area contributed by atoms with Crippen molar-refractivity contribution >= 4 is 17.3 Å². The van der Waals surface area contributed by atoms with Crippen molar-refractivity contribution in [1.29, 1.82) is 0 Å². The van der Waals surface area contributed by atoms with E-state index in [1.54, 1.807) is 0 Å². The maximum Gasteiger partial charge on any atom is 0.226 e. The van der Waals surface area contributed by atoms with Gasteiger partial charge in [-0.25, -0.2) is 0 Å². The SMILES string of the molecule is O=C1C(O)=CC(=O)C(C2(O)C(=O)C=C(O)C=C2O)C1O. The molecule has 0 heterocycles. The minimum absolute atomic E-state index is 0.455. The van der Waals surface area contributed by atoms with Crippen LogP contribution in [0.15, 0.2) is 35.5 Å². The molecule has 0 spiro atoms. The van der Waals surface area contributed by atoms with Gasteiger partial charge in [0, 0.05) is 18.2 Å². The van der Waals surface area contributed by atoms with Crippen LogP contribution >= 0.6 is 0 Å². The van der Waals surface area contributed by atoms with Crippen molar-refractivity contribution < 1.29 is 39.9 Å². The molecule has 0 aromatic rings. The number of hydrogen-bond donors (Lipinski definition) is 5. The number of carbonyl (C=O) groups is 3. The van der Waals surface area contributed by atoms with E-state index in [4.69, 9.17) is 10.2 Å². The second-order valence-corrected chi connectivity index (χ2v) is 4.45. The lowest BCUT2D eigenvalue weighted by atomic mass is 9.71. The van der Waals surface area contributed by atoms with E-state index in [1.807, 2.05) is 0 Å². The Morgan fingerprint density at radius 2 is 1.60 bits per heavy atom. The molecule has 106 valence electrons. The highest BCUT2D eigenvalue weighted by Gasteiger charge is 2.57. The molecule has 0 aliphatic heterocycles. The van der Waals surface area contributed by atoms with Crippen LogP contribution in [0.5, 0.6) is 0 Å². The Balaban J connectivity index is 2.56. The van der Waals surface area contributed by atoms with Gasteiger partial charge in [0.25, 0.3) is 0 Å². The quantitative estimate of drug-likeness (QED) is 0.400. The van der Waals surface area contributed by atoms with Gasteiger partial charge < -0.3 is 25.5 Å². The lowest BCUT2D eigenvalue weighted by Gasteiger charge is -2.36. The van der Waals surface area contributed by atoms with Gasteiger partial charge in [0.05, 0.1) is 5.92 Å². The first kappa shape index (κ1) is 14.0. The standard InChI is InChI=1S/C12H10O8/c13-4-1-7(16)12(20,8(17)2-4)9-5(14)3-6(15)10(18)11(9)19/h1-3,9,11,13,15-16,19-20H. The van der Waals surface area contributed by atoms with E-state index in [0.29, 0.717) is 18.2 Å². The van der Waals surface area contributed by atoms with Crippen LogP contribution in [0.3, 0.4) is 0 Å². The van der Waals surface area contributed by atoms with Crippen LogP contribution in [0.1, 0.15) is 0 Å². The Morgan fingerprint density at radius 3 is 2.15 bits per heavy atom. The molecule has 2 rings (SSSR count). The summed E-state index contributed by atoms with van der Waals surface area (Å²) in [5.74, 6) is -8.40. The molecule has 2 aliphatic carbocycles. The Morgan fingerprint density at radius 1 is 1.00 bits per heavy atom. The fourth-order valence-corrected chi connectivity index (χ4v) is 2.16. The fourth-order valence-electron chi connectivity index (χ4n) is 2.16. The first-order chi connectivity index (χ1) is 9.19. The number of aliphatic hydroxyl groups is 5. The summed E-state index contributed by atoms with van der Waals surface area (Å²) < 4.78 is 0. The molecule has 0 bridgehead atoms. The van der Waals surface area contributed by atoms with E-state index < -0.39 is 52.3 Å². The number of Topliss-reactive ketones (excluding diaryl/α,β-unsaturated/α-hetero) is 1. The molecule has 0 amide bonds. The lowest BCUT2D eigenvalue weighted by molar-refractivity contribution is -0.157. The molecule has 0 saturated heterocycles. The van der Waals surface area contributed by atoms with E-state index in [-0.39, 0.29) is 0 Å². The molecule has 5 N–H and O–H groups in total. The van der Waals surface area contributed by atoms with Crippen LogP contribution in [-0.4, -0.2) is 54.6 Å². The minimum Gasteiger partial charge on any atom is -0.509 e. The molecule has 2 aliphatic rings. The van der Waals surface area contributed by atoms with Crippen LogP contribution < -0.4 is 0 Å². The summed E-state index contributed by atoms with van der Waals surface area (Å²) in [5.41, 5.74) is -2.88. The summed E-state index contributed by atoms with van der Waals surface area (Å²) >= 11 is 0. The molecular weight excluding hydrogens is 272 g/mol. The van der Waals surface area contributed by atoms with Crippen molar-refractivity contribution in [2.45, 2.75) is 11.7 Å². The summed E-state index contributed by atoms with van der Waals surface area (Å²) in [4.78, 5) is 35.0. The molecule has 0 fully saturated rings. The zero-order chi connectivity index (χ0) is 15.2. The zero-order valence-corrected chi connectivity index (χ0v) is 9.85. The summed E-state index contributed by atoms with van der Waals surface area (Å²) in [6.45, 7) is 0. The third kappa shape index (κ3) is 1.74. The summed E-state index contributed by atoms with van der Waals surface area (Å²) in [5, 5.41) is 47.8. The first-order valence-corrected chi connectivity index (χ1v) is 5.45. The first-order valence-electron chi connectivity index (χ1n) is 5.45. The number of aliphatic hydroxyl groups excluding tert-OH is 4. The van der Waals surface area contributed by atoms with Crippen molar-refractivity contribution in [3.05, 3.63) is 35.5 Å². The number of carbonyl (C=O) groups excluding carboxylic acids is 3. The normalized spacial score (nSPS) is 34.5. The number of rotatable bonds is 1. The van der Waals surface area contributed by atoms with Crippen LogP contribution in [0.25, 0.3) is 0 Å². The van der Waals surface area contributed by atoms with E-state index >= 15 is 0 Å². The molecule has 3 unspecified atom stereocenters. The molecule has 0 radical (unpaired) electrons. The van der Waals surface area contributed by atoms with E-state index in [0.717, 1.165) is 0 Å². The van der Waals surface area contributed by atoms with Gasteiger partial charge in [-0.15, -0.1) is 0 Å². The summed E-state index contributed by atoms with van der Waals surface area (Å²) in [7, 11) is 0. The smallest absolute Gasteiger partial charge is 0.226 e. The second kappa shape index (κ2) is 4.29. The molecule has 0 saturated carbocycles. The van der Waals surface area contributed by atoms with Crippen molar-refractivity contribution in [3.8, 4) is 0 Å². The average Bonchev–Trinajstić information content (AvgIpc) is 2.33. The summed E-state index contributed by atoms with van der Waals surface area (Å²) in [6.07, 6.45) is -0.589. The van der Waals surface area contributed by atoms with Crippen LogP contribution in [0, 0.1) is 5.92 Å². The van der Waals surface area contributed by atoms with E-state index in [2.05, 4.69) is 0 Å². The van der Waals surface area contributed by atoms with Crippen LogP contribution in [0.4, 0.5) is 0 Å². The highest BCUT2D eigenvalue weighted by atomic mass is 16.4. The molecule has 8 nitrogen and oxygen atoms in total. The van der Waals surface area contributed by atoms with E-state index in [9.17, 15) is 29.7 Å². The monoisotopic (exact) mass is 282 g/mol. The third-order valence-electron chi connectivity index (χ3n) is 3.20. The second-order valence-electron chi connectivity index (χ2n) is 4.45. The number of hydrogen-bond acceptors (Lipinski definition) is 8. The van der Waals surface area contributed by atoms with Crippen molar-refractivity contribution in [2.24, 2.45) is 5.92 Å². The fraction of sp³-hybridized carbons (Fsp3) is 0.250. The molecular formula is C12H10O8. The van der Waals surface area contributed by atoms with Gasteiger partial charge in [0.1, 0.15) is 17.6 Å². The highest BCUT2D eigenvalue weighted by Crippen LogP contribution is 2.36. The van der Waals surface area contributed by atoms with Gasteiger partial charge in [-0.05, 0) is 0 Å². The topological polar surface area (TPSA) is 152 Å². The largest absolute Gasteiger partial charge is 0.509 e. The van der Waals surface area contributed by atoms with Gasteiger partial charge in [-0.1, -0.05) is 0 Å². The Bertz CT molecular complexity index is 611. The van der Waals surface area contributed by atoms with Gasteiger partial charge >= 0.3 is 0 Å². The molecule has 0 aromatic heterocycles. The third-order valence-corrected chi connectivity index (χ3v) is 3.20. The van der Waals surface area contributed by atoms with Gasteiger partial charge in [0.2, 0.25) is 5.78 Å². The Hall–Kier alpha value is -2.45. The number of allylic oxidation sites excluding steroid dienone is 2. The van der Waals surface area contributed by atoms with E-state index in [1.165, 1.54) is 0 Å². The van der Waals surface area contributed by atoms with Gasteiger partial charge in [-0.3, -0.25) is 14.4 Å². The highest BCUT2D eigenvalue weighted by molar-refractivity contribution is 6.15. The number of ketones is 3. The Labute approximate surface area is 111 Å². The molecule has 20 heavy (non-hydrogen) atoms. The van der Waals surface area contributed by atoms with Crippen LogP contribution in [-0.2, 0) is 14.4 Å². The molecule has 3 atom stereocenters. The zero-order valence-electron chi connectivity index (χ0n) is 9.85. The lowest BCUT2D eigenvalue weighted by Crippen LogP contribution is -2.58. The summed E-state index contributed by atoms with van der Waals surface area (Å²) in [6, 6.07) is 0. The average molecular weight is 282 g/mol. The Kier molecular flexibility index (Phi) is 2.99. The molecule has 8 heteroatoms. The van der Waals surface area contributed by atoms with Gasteiger partial charge in [0.15, 0.2) is 22.9 Å².